The lowest BCUT2D eigenvalue weighted by atomic mass is 10.1. The van der Waals surface area contributed by atoms with E-state index in [2.05, 4.69) is 15.4 Å². The topological polar surface area (TPSA) is 81.8 Å². The number of rotatable bonds is 6. The number of carbonyl (C=O) groups is 1. The van der Waals surface area contributed by atoms with Crippen LogP contribution in [-0.4, -0.2) is 25.2 Å². The van der Waals surface area contributed by atoms with E-state index >= 15 is 0 Å². The fourth-order valence-electron chi connectivity index (χ4n) is 2.99. The van der Waals surface area contributed by atoms with Gasteiger partial charge < -0.3 is 9.88 Å². The molecule has 1 amide bonds. The van der Waals surface area contributed by atoms with Gasteiger partial charge in [0.25, 0.3) is 5.56 Å². The van der Waals surface area contributed by atoms with Gasteiger partial charge in [-0.15, -0.1) is 0 Å². The van der Waals surface area contributed by atoms with E-state index in [9.17, 15) is 9.59 Å². The van der Waals surface area contributed by atoms with Crippen molar-refractivity contribution in [3.05, 3.63) is 94.9 Å². The molecule has 2 aromatic heterocycles. The summed E-state index contributed by atoms with van der Waals surface area (Å²) in [6.07, 6.45) is 7.04. The van der Waals surface area contributed by atoms with E-state index in [4.69, 9.17) is 0 Å². The van der Waals surface area contributed by atoms with E-state index in [0.29, 0.717) is 11.9 Å². The smallest absolute Gasteiger partial charge is 0.275 e. The second-order valence-electron chi connectivity index (χ2n) is 6.52. The third-order valence-corrected chi connectivity index (χ3v) is 4.49. The molecule has 0 fully saturated rings. The molecule has 0 radical (unpaired) electrons. The van der Waals surface area contributed by atoms with Crippen LogP contribution in [0.25, 0.3) is 10.8 Å². The average Bonchev–Trinajstić information content (AvgIpc) is 3.23. The number of nitrogens with zero attached hydrogens (tertiary/aromatic N) is 4. The van der Waals surface area contributed by atoms with Gasteiger partial charge >= 0.3 is 0 Å². The molecule has 2 heterocycles. The number of nitrogens with one attached hydrogen (secondary N) is 1. The minimum absolute atomic E-state index is 0.109. The maximum absolute atomic E-state index is 12.4. The molecule has 0 aliphatic carbocycles. The highest BCUT2D eigenvalue weighted by Crippen LogP contribution is 2.07. The number of hydrogen-bond acceptors (Lipinski definition) is 4. The van der Waals surface area contributed by atoms with Gasteiger partial charge in [-0.05, 0) is 17.2 Å². The number of aromatic nitrogens is 4. The van der Waals surface area contributed by atoms with Gasteiger partial charge in [0.05, 0.1) is 17.9 Å². The number of amides is 1. The van der Waals surface area contributed by atoms with Gasteiger partial charge in [-0.1, -0.05) is 42.5 Å². The minimum atomic E-state index is -0.267. The molecule has 4 rings (SSSR count). The van der Waals surface area contributed by atoms with E-state index in [0.717, 1.165) is 23.1 Å². The van der Waals surface area contributed by atoms with Crippen molar-refractivity contribution in [2.45, 2.75) is 19.6 Å². The molecular weight excluding hydrogens is 354 g/mol. The SMILES string of the molecule is O=C(Cn1ncc2ccccc2c1=O)NCc1ccc(Cn2ccnc2)cc1. The number of imidazole rings is 1. The maximum atomic E-state index is 12.4. The molecule has 0 unspecified atom stereocenters. The Morgan fingerprint density at radius 3 is 2.61 bits per heavy atom. The fraction of sp³-hybridized carbons (Fsp3) is 0.143. The molecule has 0 spiro atoms. The van der Waals surface area contributed by atoms with Crippen LogP contribution in [0.1, 0.15) is 11.1 Å². The first-order valence-electron chi connectivity index (χ1n) is 8.94. The Morgan fingerprint density at radius 1 is 1.04 bits per heavy atom. The standard InChI is InChI=1S/C21H19N5O2/c27-20(14-26-21(28)19-4-2-1-3-18(19)12-24-26)23-11-16-5-7-17(8-6-16)13-25-10-9-22-15-25/h1-10,12,15H,11,13-14H2,(H,23,27). The summed E-state index contributed by atoms with van der Waals surface area (Å²) >= 11 is 0. The maximum Gasteiger partial charge on any atom is 0.275 e. The normalized spacial score (nSPS) is 10.9. The van der Waals surface area contributed by atoms with Crippen molar-refractivity contribution in [1.29, 1.82) is 0 Å². The predicted octanol–water partition coefficient (Wildman–Crippen LogP) is 1.96. The van der Waals surface area contributed by atoms with Crippen LogP contribution in [0.15, 0.2) is 78.2 Å². The Hall–Kier alpha value is -3.74. The van der Waals surface area contributed by atoms with E-state index in [1.807, 2.05) is 47.2 Å². The van der Waals surface area contributed by atoms with E-state index in [1.165, 1.54) is 4.68 Å². The number of hydrogen-bond donors (Lipinski definition) is 1. The lowest BCUT2D eigenvalue weighted by Crippen LogP contribution is -2.33. The second kappa shape index (κ2) is 7.87. The van der Waals surface area contributed by atoms with Gasteiger partial charge in [-0.25, -0.2) is 9.67 Å². The molecular formula is C21H19N5O2. The van der Waals surface area contributed by atoms with E-state index in [-0.39, 0.29) is 18.0 Å². The third-order valence-electron chi connectivity index (χ3n) is 4.49. The first-order valence-corrected chi connectivity index (χ1v) is 8.94. The lowest BCUT2D eigenvalue weighted by molar-refractivity contribution is -0.122. The molecule has 0 aliphatic heterocycles. The highest BCUT2D eigenvalue weighted by Gasteiger charge is 2.08. The van der Waals surface area contributed by atoms with Gasteiger partial charge in [0.2, 0.25) is 5.91 Å². The minimum Gasteiger partial charge on any atom is -0.350 e. The summed E-state index contributed by atoms with van der Waals surface area (Å²) in [7, 11) is 0. The quantitative estimate of drug-likeness (QED) is 0.560. The number of fused-ring (bicyclic) bond motifs is 1. The van der Waals surface area contributed by atoms with Gasteiger partial charge in [0.15, 0.2) is 0 Å². The van der Waals surface area contributed by atoms with Crippen molar-refractivity contribution in [2.24, 2.45) is 0 Å². The number of carbonyl (C=O) groups excluding carboxylic acids is 1. The molecule has 2 aromatic carbocycles. The summed E-state index contributed by atoms with van der Waals surface area (Å²) < 4.78 is 3.18. The van der Waals surface area contributed by atoms with Crippen LogP contribution in [0.5, 0.6) is 0 Å². The first-order chi connectivity index (χ1) is 13.7. The Kier molecular flexibility index (Phi) is 4.97. The molecule has 28 heavy (non-hydrogen) atoms. The van der Waals surface area contributed by atoms with Crippen molar-refractivity contribution in [1.82, 2.24) is 24.6 Å². The summed E-state index contributed by atoms with van der Waals surface area (Å²) in [5.74, 6) is -0.257. The summed E-state index contributed by atoms with van der Waals surface area (Å²) in [6, 6.07) is 15.2. The van der Waals surface area contributed by atoms with Crippen molar-refractivity contribution in [2.75, 3.05) is 0 Å². The highest BCUT2D eigenvalue weighted by molar-refractivity contribution is 5.81. The summed E-state index contributed by atoms with van der Waals surface area (Å²) in [4.78, 5) is 28.7. The average molecular weight is 373 g/mol. The highest BCUT2D eigenvalue weighted by atomic mass is 16.2. The van der Waals surface area contributed by atoms with Crippen LogP contribution in [0.2, 0.25) is 0 Å². The van der Waals surface area contributed by atoms with E-state index < -0.39 is 0 Å². The largest absolute Gasteiger partial charge is 0.350 e. The molecule has 7 nitrogen and oxygen atoms in total. The lowest BCUT2D eigenvalue weighted by Gasteiger charge is -2.08. The summed E-state index contributed by atoms with van der Waals surface area (Å²) in [5.41, 5.74) is 1.87. The molecule has 1 N–H and O–H groups in total. The first kappa shape index (κ1) is 17.7. The Balaban J connectivity index is 1.35. The second-order valence-corrected chi connectivity index (χ2v) is 6.52. The van der Waals surface area contributed by atoms with Crippen molar-refractivity contribution in [3.8, 4) is 0 Å². The van der Waals surface area contributed by atoms with E-state index in [1.54, 1.807) is 30.9 Å². The number of benzene rings is 2. The molecule has 0 saturated heterocycles. The van der Waals surface area contributed by atoms with Crippen LogP contribution >= 0.6 is 0 Å². The van der Waals surface area contributed by atoms with Crippen molar-refractivity contribution >= 4 is 16.7 Å². The Bertz CT molecular complexity index is 1150. The third kappa shape index (κ3) is 3.98. The van der Waals surface area contributed by atoms with Crippen molar-refractivity contribution < 1.29 is 4.79 Å². The molecule has 0 aliphatic rings. The van der Waals surface area contributed by atoms with Crippen LogP contribution in [0, 0.1) is 0 Å². The monoisotopic (exact) mass is 373 g/mol. The van der Waals surface area contributed by atoms with Crippen LogP contribution < -0.4 is 10.9 Å². The van der Waals surface area contributed by atoms with Crippen molar-refractivity contribution in [3.63, 3.8) is 0 Å². The fourth-order valence-corrected chi connectivity index (χ4v) is 2.99. The molecule has 0 atom stereocenters. The van der Waals surface area contributed by atoms with Crippen LogP contribution in [0.4, 0.5) is 0 Å². The zero-order chi connectivity index (χ0) is 19.3. The molecule has 0 bridgehead atoms. The van der Waals surface area contributed by atoms with Gasteiger partial charge in [-0.3, -0.25) is 9.59 Å². The summed E-state index contributed by atoms with van der Waals surface area (Å²) in [6.45, 7) is 1.04. The van der Waals surface area contributed by atoms with Crippen LogP contribution in [-0.2, 0) is 24.4 Å². The molecule has 0 saturated carbocycles. The Labute approximate surface area is 161 Å². The zero-order valence-corrected chi connectivity index (χ0v) is 15.2. The van der Waals surface area contributed by atoms with Crippen LogP contribution in [0.3, 0.4) is 0 Å². The van der Waals surface area contributed by atoms with Gasteiger partial charge in [-0.2, -0.15) is 5.10 Å². The summed E-state index contributed by atoms with van der Waals surface area (Å²) in [5, 5.41) is 8.24. The Morgan fingerprint density at radius 2 is 1.82 bits per heavy atom. The van der Waals surface area contributed by atoms with Gasteiger partial charge in [0.1, 0.15) is 6.54 Å². The molecule has 4 aromatic rings. The molecule has 140 valence electrons. The molecule has 7 heteroatoms. The zero-order valence-electron chi connectivity index (χ0n) is 15.2. The van der Waals surface area contributed by atoms with Gasteiger partial charge in [0, 0.05) is 30.9 Å². The predicted molar refractivity (Wildman–Crippen MR) is 106 cm³/mol.